The summed E-state index contributed by atoms with van der Waals surface area (Å²) in [5, 5.41) is 0. The Hall–Kier alpha value is -0.530. The van der Waals surface area contributed by atoms with Crippen LogP contribution in [0.1, 0.15) is 84.0 Å². The monoisotopic (exact) mass is 240 g/mol. The molecule has 1 rings (SSSR count). The van der Waals surface area contributed by atoms with Crippen LogP contribution in [-0.2, 0) is 9.53 Å². The van der Waals surface area contributed by atoms with E-state index in [0.717, 1.165) is 19.3 Å². The van der Waals surface area contributed by atoms with Gasteiger partial charge in [0.25, 0.3) is 0 Å². The van der Waals surface area contributed by atoms with Crippen LogP contribution in [0.4, 0.5) is 0 Å². The lowest BCUT2D eigenvalue weighted by Gasteiger charge is -2.16. The van der Waals surface area contributed by atoms with Gasteiger partial charge in [0.15, 0.2) is 0 Å². The van der Waals surface area contributed by atoms with Crippen LogP contribution in [0, 0.1) is 0 Å². The highest BCUT2D eigenvalue weighted by Crippen LogP contribution is 2.16. The van der Waals surface area contributed by atoms with Crippen molar-refractivity contribution < 1.29 is 9.53 Å². The number of esters is 1. The van der Waals surface area contributed by atoms with E-state index >= 15 is 0 Å². The molecule has 1 fully saturated rings. The predicted molar refractivity (Wildman–Crippen MR) is 71.0 cm³/mol. The van der Waals surface area contributed by atoms with Crippen molar-refractivity contribution in [2.45, 2.75) is 90.1 Å². The summed E-state index contributed by atoms with van der Waals surface area (Å²) in [6.07, 6.45) is 14.3. The van der Waals surface area contributed by atoms with Crippen molar-refractivity contribution in [2.75, 3.05) is 0 Å². The van der Waals surface area contributed by atoms with E-state index in [4.69, 9.17) is 4.74 Å². The molecule has 0 saturated carbocycles. The number of cyclic esters (lactones) is 1. The molecule has 1 atom stereocenters. The van der Waals surface area contributed by atoms with Crippen LogP contribution in [0.2, 0.25) is 0 Å². The zero-order valence-corrected chi connectivity index (χ0v) is 11.4. The standard InChI is InChI=1S/C15H28O2/c1-2-14-12-10-8-6-4-3-5-7-9-11-13-15(16)17-14/h14H,2-13H2,1H3/t14-/m1/s1. The number of rotatable bonds is 1. The Labute approximate surface area is 106 Å². The maximum absolute atomic E-state index is 11.6. The zero-order valence-electron chi connectivity index (χ0n) is 11.4. The van der Waals surface area contributed by atoms with Gasteiger partial charge in [0.1, 0.15) is 6.10 Å². The van der Waals surface area contributed by atoms with Gasteiger partial charge in [0, 0.05) is 6.42 Å². The third kappa shape index (κ3) is 7.40. The van der Waals surface area contributed by atoms with E-state index in [1.165, 1.54) is 51.4 Å². The van der Waals surface area contributed by atoms with Gasteiger partial charge in [-0.3, -0.25) is 4.79 Å². The molecule has 0 unspecified atom stereocenters. The number of carbonyl (C=O) groups is 1. The summed E-state index contributed by atoms with van der Waals surface area (Å²) in [6, 6.07) is 0. The number of ether oxygens (including phenoxy) is 1. The first-order chi connectivity index (χ1) is 8.33. The summed E-state index contributed by atoms with van der Waals surface area (Å²) >= 11 is 0. The highest BCUT2D eigenvalue weighted by atomic mass is 16.5. The minimum Gasteiger partial charge on any atom is -0.462 e. The lowest BCUT2D eigenvalue weighted by atomic mass is 10.0. The van der Waals surface area contributed by atoms with Crippen LogP contribution in [0.5, 0.6) is 0 Å². The van der Waals surface area contributed by atoms with Crippen LogP contribution in [-0.4, -0.2) is 12.1 Å². The molecule has 1 heterocycles. The molecule has 0 spiro atoms. The van der Waals surface area contributed by atoms with Crippen LogP contribution in [0.15, 0.2) is 0 Å². The summed E-state index contributed by atoms with van der Waals surface area (Å²) in [5.74, 6) is 0.0221. The summed E-state index contributed by atoms with van der Waals surface area (Å²) in [6.45, 7) is 2.11. The molecule has 1 saturated heterocycles. The van der Waals surface area contributed by atoms with Crippen molar-refractivity contribution in [1.82, 2.24) is 0 Å². The summed E-state index contributed by atoms with van der Waals surface area (Å²) in [4.78, 5) is 11.6. The van der Waals surface area contributed by atoms with E-state index in [9.17, 15) is 4.79 Å². The molecule has 2 nitrogen and oxygen atoms in total. The molecule has 0 aromatic carbocycles. The third-order valence-corrected chi connectivity index (χ3v) is 3.66. The highest BCUT2D eigenvalue weighted by Gasteiger charge is 2.12. The SMILES string of the molecule is CC[C@@H]1CCCCCCCCCCCC(=O)O1. The Morgan fingerprint density at radius 3 is 2.06 bits per heavy atom. The second kappa shape index (κ2) is 9.49. The van der Waals surface area contributed by atoms with Gasteiger partial charge in [-0.2, -0.15) is 0 Å². The second-order valence-electron chi connectivity index (χ2n) is 5.24. The Kier molecular flexibility index (Phi) is 8.12. The van der Waals surface area contributed by atoms with Crippen LogP contribution in [0.25, 0.3) is 0 Å². The molecule has 0 aliphatic carbocycles. The van der Waals surface area contributed by atoms with Gasteiger partial charge in [0.05, 0.1) is 0 Å². The van der Waals surface area contributed by atoms with Gasteiger partial charge in [-0.1, -0.05) is 51.9 Å². The molecule has 17 heavy (non-hydrogen) atoms. The van der Waals surface area contributed by atoms with Gasteiger partial charge in [-0.25, -0.2) is 0 Å². The van der Waals surface area contributed by atoms with Gasteiger partial charge in [-0.15, -0.1) is 0 Å². The normalized spacial score (nSPS) is 25.9. The van der Waals surface area contributed by atoms with E-state index < -0.39 is 0 Å². The van der Waals surface area contributed by atoms with E-state index in [2.05, 4.69) is 6.92 Å². The Bertz CT molecular complexity index is 201. The number of hydrogen-bond acceptors (Lipinski definition) is 2. The molecule has 0 amide bonds. The number of carbonyl (C=O) groups excluding carboxylic acids is 1. The Balaban J connectivity index is 2.30. The van der Waals surface area contributed by atoms with Gasteiger partial charge < -0.3 is 4.74 Å². The molecule has 0 aromatic heterocycles. The molecule has 2 heteroatoms. The quantitative estimate of drug-likeness (QED) is 0.625. The molecule has 1 aliphatic heterocycles. The first-order valence-corrected chi connectivity index (χ1v) is 7.52. The third-order valence-electron chi connectivity index (χ3n) is 3.66. The minimum absolute atomic E-state index is 0.0221. The summed E-state index contributed by atoms with van der Waals surface area (Å²) in [5.41, 5.74) is 0. The van der Waals surface area contributed by atoms with E-state index in [-0.39, 0.29) is 12.1 Å². The van der Waals surface area contributed by atoms with E-state index in [0.29, 0.717) is 6.42 Å². The Morgan fingerprint density at radius 1 is 0.941 bits per heavy atom. The smallest absolute Gasteiger partial charge is 0.306 e. The molecular weight excluding hydrogens is 212 g/mol. The zero-order chi connectivity index (χ0) is 12.3. The molecular formula is C15H28O2. The van der Waals surface area contributed by atoms with Crippen molar-refractivity contribution >= 4 is 5.97 Å². The average molecular weight is 240 g/mol. The fourth-order valence-corrected chi connectivity index (χ4v) is 2.47. The fourth-order valence-electron chi connectivity index (χ4n) is 2.47. The highest BCUT2D eigenvalue weighted by molar-refractivity contribution is 5.69. The first kappa shape index (κ1) is 14.5. The topological polar surface area (TPSA) is 26.3 Å². The molecule has 0 bridgehead atoms. The molecule has 0 aromatic rings. The summed E-state index contributed by atoms with van der Waals surface area (Å²) < 4.78 is 5.51. The van der Waals surface area contributed by atoms with Crippen molar-refractivity contribution in [1.29, 1.82) is 0 Å². The van der Waals surface area contributed by atoms with Crippen LogP contribution in [0.3, 0.4) is 0 Å². The van der Waals surface area contributed by atoms with Crippen molar-refractivity contribution in [3.8, 4) is 0 Å². The molecule has 100 valence electrons. The van der Waals surface area contributed by atoms with Crippen LogP contribution < -0.4 is 0 Å². The van der Waals surface area contributed by atoms with Gasteiger partial charge in [0.2, 0.25) is 0 Å². The molecule has 0 radical (unpaired) electrons. The maximum atomic E-state index is 11.6. The Morgan fingerprint density at radius 2 is 1.47 bits per heavy atom. The second-order valence-corrected chi connectivity index (χ2v) is 5.24. The average Bonchev–Trinajstić information content (AvgIpc) is 2.33. The number of hydrogen-bond donors (Lipinski definition) is 0. The lowest BCUT2D eigenvalue weighted by Crippen LogP contribution is -2.17. The molecule has 0 N–H and O–H groups in total. The first-order valence-electron chi connectivity index (χ1n) is 7.52. The van der Waals surface area contributed by atoms with Crippen molar-refractivity contribution in [2.24, 2.45) is 0 Å². The maximum Gasteiger partial charge on any atom is 0.306 e. The van der Waals surface area contributed by atoms with Crippen molar-refractivity contribution in [3.63, 3.8) is 0 Å². The predicted octanol–water partition coefficient (Wildman–Crippen LogP) is 4.61. The van der Waals surface area contributed by atoms with Crippen LogP contribution >= 0.6 is 0 Å². The fraction of sp³-hybridized carbons (Fsp3) is 0.933. The van der Waals surface area contributed by atoms with Crippen molar-refractivity contribution in [3.05, 3.63) is 0 Å². The molecule has 1 aliphatic rings. The lowest BCUT2D eigenvalue weighted by molar-refractivity contribution is -0.149. The van der Waals surface area contributed by atoms with E-state index in [1.54, 1.807) is 0 Å². The summed E-state index contributed by atoms with van der Waals surface area (Å²) in [7, 11) is 0. The van der Waals surface area contributed by atoms with Gasteiger partial charge in [-0.05, 0) is 25.7 Å². The van der Waals surface area contributed by atoms with Gasteiger partial charge >= 0.3 is 5.97 Å². The minimum atomic E-state index is 0.0221. The van der Waals surface area contributed by atoms with E-state index in [1.807, 2.05) is 0 Å². The largest absolute Gasteiger partial charge is 0.462 e.